The van der Waals surface area contributed by atoms with Crippen LogP contribution >= 0.6 is 0 Å². The third-order valence-corrected chi connectivity index (χ3v) is 5.37. The van der Waals surface area contributed by atoms with Crippen molar-refractivity contribution in [3.8, 4) is 11.4 Å². The first-order valence-electron chi connectivity index (χ1n) is 9.46. The van der Waals surface area contributed by atoms with E-state index in [0.717, 1.165) is 23.4 Å². The highest BCUT2D eigenvalue weighted by molar-refractivity contribution is 5.42. The molecule has 2 atom stereocenters. The predicted octanol–water partition coefficient (Wildman–Crippen LogP) is 3.18. The van der Waals surface area contributed by atoms with E-state index in [0.29, 0.717) is 17.7 Å². The van der Waals surface area contributed by atoms with Crippen LogP contribution in [0.3, 0.4) is 0 Å². The summed E-state index contributed by atoms with van der Waals surface area (Å²) in [6, 6.07) is 12.8. The zero-order valence-electron chi connectivity index (χ0n) is 16.8. The lowest BCUT2D eigenvalue weighted by Gasteiger charge is -2.23. The van der Waals surface area contributed by atoms with Crippen molar-refractivity contribution in [3.63, 3.8) is 0 Å². The van der Waals surface area contributed by atoms with Gasteiger partial charge in [-0.25, -0.2) is 9.67 Å². The molecule has 5 nitrogen and oxygen atoms in total. The number of nitrogens with zero attached hydrogens (tertiary/aromatic N) is 3. The molecule has 0 aliphatic rings. The second kappa shape index (κ2) is 7.92. The summed E-state index contributed by atoms with van der Waals surface area (Å²) < 4.78 is 1.75. The number of benzene rings is 2. The zero-order chi connectivity index (χ0) is 19.6. The number of nitrogens with one attached hydrogen (secondary N) is 1. The lowest BCUT2D eigenvalue weighted by atomic mass is 9.94. The van der Waals surface area contributed by atoms with Crippen molar-refractivity contribution in [2.24, 2.45) is 0 Å². The minimum Gasteiger partial charge on any atom is -0.507 e. The third kappa shape index (κ3) is 4.19. The molecule has 1 aromatic heterocycles. The van der Waals surface area contributed by atoms with Crippen LogP contribution in [0.5, 0.6) is 5.75 Å². The summed E-state index contributed by atoms with van der Waals surface area (Å²) in [6.45, 7) is 9.44. The largest absolute Gasteiger partial charge is 0.507 e. The van der Waals surface area contributed by atoms with Crippen LogP contribution in [0.25, 0.3) is 5.69 Å². The molecule has 1 heterocycles. The average molecular weight is 366 g/mol. The summed E-state index contributed by atoms with van der Waals surface area (Å²) >= 11 is 0. The molecule has 1 unspecified atom stereocenters. The molecule has 5 heteroatoms. The molecule has 0 radical (unpaired) electrons. The normalized spacial score (nSPS) is 13.7. The molecule has 0 fully saturated rings. The van der Waals surface area contributed by atoms with Gasteiger partial charge in [0, 0.05) is 11.1 Å². The van der Waals surface area contributed by atoms with Crippen molar-refractivity contribution >= 4 is 0 Å². The van der Waals surface area contributed by atoms with Gasteiger partial charge >= 0.3 is 0 Å². The lowest BCUT2D eigenvalue weighted by Crippen LogP contribution is -3.07. The number of rotatable bonds is 6. The number of aromatic nitrogens is 3. The SMILES string of the molecule is Cc1cc(O)c(C[NH+](C)[C@H](C)c2ccc(-n3cncn3)cc2)cc1C(C)C. The monoisotopic (exact) mass is 365 g/mol. The Kier molecular flexibility index (Phi) is 5.61. The number of phenols is 1. The number of hydrogen-bond donors (Lipinski definition) is 2. The van der Waals surface area contributed by atoms with Gasteiger partial charge in [0.15, 0.2) is 0 Å². The van der Waals surface area contributed by atoms with Crippen LogP contribution in [-0.4, -0.2) is 26.9 Å². The molecule has 0 saturated heterocycles. The Hall–Kier alpha value is -2.66. The van der Waals surface area contributed by atoms with Crippen LogP contribution in [0.2, 0.25) is 0 Å². The van der Waals surface area contributed by atoms with Crippen molar-refractivity contribution in [1.29, 1.82) is 0 Å². The number of phenolic OH excluding ortho intramolecular Hbond substituents is 1. The highest BCUT2D eigenvalue weighted by Crippen LogP contribution is 2.27. The van der Waals surface area contributed by atoms with Crippen LogP contribution in [0, 0.1) is 6.92 Å². The minimum atomic E-state index is 0.304. The van der Waals surface area contributed by atoms with Gasteiger partial charge in [-0.15, -0.1) is 0 Å². The van der Waals surface area contributed by atoms with Crippen LogP contribution in [0.4, 0.5) is 0 Å². The van der Waals surface area contributed by atoms with E-state index in [1.807, 2.05) is 6.07 Å². The van der Waals surface area contributed by atoms with E-state index in [1.165, 1.54) is 22.4 Å². The summed E-state index contributed by atoms with van der Waals surface area (Å²) in [6.07, 6.45) is 3.23. The van der Waals surface area contributed by atoms with E-state index in [1.54, 1.807) is 11.0 Å². The Labute approximate surface area is 161 Å². The van der Waals surface area contributed by atoms with Crippen molar-refractivity contribution in [1.82, 2.24) is 14.8 Å². The van der Waals surface area contributed by atoms with E-state index < -0.39 is 0 Å². The average Bonchev–Trinajstić information content (AvgIpc) is 3.17. The smallest absolute Gasteiger partial charge is 0.138 e. The molecule has 0 saturated carbocycles. The number of hydrogen-bond acceptors (Lipinski definition) is 3. The van der Waals surface area contributed by atoms with Gasteiger partial charge in [0.1, 0.15) is 31.0 Å². The van der Waals surface area contributed by atoms with Gasteiger partial charge in [0.2, 0.25) is 0 Å². The second-order valence-corrected chi connectivity index (χ2v) is 7.67. The predicted molar refractivity (Wildman–Crippen MR) is 107 cm³/mol. The quantitative estimate of drug-likeness (QED) is 0.705. The van der Waals surface area contributed by atoms with E-state index in [9.17, 15) is 5.11 Å². The molecule has 2 aromatic carbocycles. The first-order chi connectivity index (χ1) is 12.9. The van der Waals surface area contributed by atoms with Gasteiger partial charge in [-0.3, -0.25) is 0 Å². The summed E-state index contributed by atoms with van der Waals surface area (Å²) in [5.41, 5.74) is 5.72. The highest BCUT2D eigenvalue weighted by Gasteiger charge is 2.19. The number of aromatic hydroxyl groups is 1. The van der Waals surface area contributed by atoms with Crippen molar-refractivity contribution < 1.29 is 10.0 Å². The Morgan fingerprint density at radius 3 is 2.41 bits per heavy atom. The Balaban J connectivity index is 1.76. The van der Waals surface area contributed by atoms with Crippen LogP contribution in [0.1, 0.15) is 55.0 Å². The van der Waals surface area contributed by atoms with Crippen LogP contribution in [0.15, 0.2) is 49.1 Å². The molecule has 0 aliphatic carbocycles. The fourth-order valence-electron chi connectivity index (χ4n) is 3.52. The molecular formula is C22H29N4O+. The molecule has 2 N–H and O–H groups in total. The molecule has 3 rings (SSSR count). The molecule has 3 aromatic rings. The van der Waals surface area contributed by atoms with E-state index in [4.69, 9.17) is 0 Å². The molecule has 142 valence electrons. The fraction of sp³-hybridized carbons (Fsp3) is 0.364. The summed E-state index contributed by atoms with van der Waals surface area (Å²) in [4.78, 5) is 5.32. The molecular weight excluding hydrogens is 336 g/mol. The summed E-state index contributed by atoms with van der Waals surface area (Å²) in [5, 5.41) is 14.6. The number of quaternary nitrogens is 1. The maximum Gasteiger partial charge on any atom is 0.138 e. The molecule has 0 bridgehead atoms. The van der Waals surface area contributed by atoms with Crippen LogP contribution in [-0.2, 0) is 6.54 Å². The Morgan fingerprint density at radius 1 is 1.11 bits per heavy atom. The Morgan fingerprint density at radius 2 is 1.81 bits per heavy atom. The molecule has 0 aliphatic heterocycles. The first kappa shape index (κ1) is 19.1. The van der Waals surface area contributed by atoms with Gasteiger partial charge in [0.25, 0.3) is 0 Å². The van der Waals surface area contributed by atoms with Gasteiger partial charge in [0.05, 0.1) is 12.7 Å². The fourth-order valence-corrected chi connectivity index (χ4v) is 3.52. The summed E-state index contributed by atoms with van der Waals surface area (Å²) in [7, 11) is 2.17. The van der Waals surface area contributed by atoms with E-state index in [2.05, 4.69) is 75.2 Å². The second-order valence-electron chi connectivity index (χ2n) is 7.67. The van der Waals surface area contributed by atoms with Crippen molar-refractivity contribution in [2.75, 3.05) is 7.05 Å². The lowest BCUT2D eigenvalue weighted by molar-refractivity contribution is -0.924. The summed E-state index contributed by atoms with van der Waals surface area (Å²) in [5.74, 6) is 0.844. The maximum absolute atomic E-state index is 10.4. The van der Waals surface area contributed by atoms with Gasteiger partial charge in [-0.1, -0.05) is 26.0 Å². The van der Waals surface area contributed by atoms with Crippen molar-refractivity contribution in [2.45, 2.75) is 46.2 Å². The molecule has 27 heavy (non-hydrogen) atoms. The highest BCUT2D eigenvalue weighted by atomic mass is 16.3. The topological polar surface area (TPSA) is 55.4 Å². The Bertz CT molecular complexity index is 885. The third-order valence-electron chi connectivity index (χ3n) is 5.37. The van der Waals surface area contributed by atoms with Gasteiger partial charge in [-0.05, 0) is 55.2 Å². The van der Waals surface area contributed by atoms with E-state index in [-0.39, 0.29) is 0 Å². The maximum atomic E-state index is 10.4. The first-order valence-corrected chi connectivity index (χ1v) is 9.46. The van der Waals surface area contributed by atoms with Gasteiger partial charge in [-0.2, -0.15) is 5.10 Å². The van der Waals surface area contributed by atoms with E-state index >= 15 is 0 Å². The van der Waals surface area contributed by atoms with Gasteiger partial charge < -0.3 is 10.0 Å². The zero-order valence-corrected chi connectivity index (χ0v) is 16.8. The number of aryl methyl sites for hydroxylation is 1. The van der Waals surface area contributed by atoms with Crippen molar-refractivity contribution in [3.05, 3.63) is 71.3 Å². The molecule has 0 spiro atoms. The molecule has 0 amide bonds. The standard InChI is InChI=1S/C22H28N4O/c1-15(2)21-11-19(22(27)10-16(21)3)12-25(5)17(4)18-6-8-20(9-7-18)26-14-23-13-24-26/h6-11,13-15,17,27H,12H2,1-5H3/p+1/t17-/m1/s1. The minimum absolute atomic E-state index is 0.304. The van der Waals surface area contributed by atoms with Crippen LogP contribution < -0.4 is 4.90 Å².